The minimum Gasteiger partial charge on any atom is -0.350 e. The van der Waals surface area contributed by atoms with Gasteiger partial charge in [0.25, 0.3) is 0 Å². The lowest BCUT2D eigenvalue weighted by Gasteiger charge is -2.34. The maximum absolute atomic E-state index is 13.7. The van der Waals surface area contributed by atoms with Crippen LogP contribution in [0.15, 0.2) is 78.9 Å². The van der Waals surface area contributed by atoms with Gasteiger partial charge in [-0.05, 0) is 49.6 Å². The first-order valence-corrected chi connectivity index (χ1v) is 12.0. The van der Waals surface area contributed by atoms with E-state index < -0.39 is 11.6 Å². The highest BCUT2D eigenvalue weighted by Crippen LogP contribution is 2.25. The van der Waals surface area contributed by atoms with Gasteiger partial charge < -0.3 is 10.2 Å². The zero-order valence-corrected chi connectivity index (χ0v) is 21.2. The van der Waals surface area contributed by atoms with E-state index in [2.05, 4.69) is 5.32 Å². The summed E-state index contributed by atoms with van der Waals surface area (Å²) >= 11 is 12.4. The number of halogens is 2. The van der Waals surface area contributed by atoms with Crippen molar-refractivity contribution in [2.75, 3.05) is 0 Å². The summed E-state index contributed by atoms with van der Waals surface area (Å²) in [7, 11) is 0. The molecule has 0 saturated heterocycles. The zero-order chi connectivity index (χ0) is 24.7. The molecule has 34 heavy (non-hydrogen) atoms. The van der Waals surface area contributed by atoms with Gasteiger partial charge >= 0.3 is 0 Å². The maximum atomic E-state index is 13.7. The monoisotopic (exact) mass is 496 g/mol. The van der Waals surface area contributed by atoms with Crippen LogP contribution in [-0.2, 0) is 29.0 Å². The number of hydrogen-bond donors (Lipinski definition) is 1. The number of benzene rings is 3. The highest BCUT2D eigenvalue weighted by Gasteiger charge is 2.32. The summed E-state index contributed by atoms with van der Waals surface area (Å²) in [4.78, 5) is 28.8. The molecule has 0 aliphatic rings. The Kier molecular flexibility index (Phi) is 8.76. The Morgan fingerprint density at radius 1 is 0.824 bits per heavy atom. The molecule has 0 fully saturated rings. The topological polar surface area (TPSA) is 49.4 Å². The molecule has 178 valence electrons. The fourth-order valence-electron chi connectivity index (χ4n) is 3.71. The van der Waals surface area contributed by atoms with Gasteiger partial charge in [-0.2, -0.15) is 0 Å². The van der Waals surface area contributed by atoms with Crippen molar-refractivity contribution >= 4 is 35.0 Å². The molecule has 1 N–H and O–H groups in total. The van der Waals surface area contributed by atoms with Crippen molar-refractivity contribution in [3.05, 3.63) is 106 Å². The minimum absolute atomic E-state index is 0.137. The number of rotatable bonds is 8. The predicted molar refractivity (Wildman–Crippen MR) is 139 cm³/mol. The van der Waals surface area contributed by atoms with Crippen molar-refractivity contribution in [3.8, 4) is 0 Å². The van der Waals surface area contributed by atoms with Gasteiger partial charge in [-0.25, -0.2) is 0 Å². The molecule has 0 spiro atoms. The fraction of sp³-hybridized carbons (Fsp3) is 0.286. The Labute approximate surface area is 211 Å². The Balaban J connectivity index is 1.99. The van der Waals surface area contributed by atoms with E-state index >= 15 is 0 Å². The Bertz CT molecular complexity index is 1110. The summed E-state index contributed by atoms with van der Waals surface area (Å²) in [6, 6.07) is 23.9. The second-order valence-corrected chi connectivity index (χ2v) is 10.2. The molecular weight excluding hydrogens is 467 g/mol. The molecule has 0 aliphatic heterocycles. The maximum Gasteiger partial charge on any atom is 0.243 e. The predicted octanol–water partition coefficient (Wildman–Crippen LogP) is 6.09. The summed E-state index contributed by atoms with van der Waals surface area (Å²) < 4.78 is 0. The third kappa shape index (κ3) is 7.61. The Hall–Kier alpha value is -2.82. The second kappa shape index (κ2) is 11.5. The first kappa shape index (κ1) is 25.8. The van der Waals surface area contributed by atoms with Crippen LogP contribution in [0, 0.1) is 0 Å². The molecule has 4 nitrogen and oxygen atoms in total. The van der Waals surface area contributed by atoms with Gasteiger partial charge in [-0.1, -0.05) is 89.9 Å². The summed E-state index contributed by atoms with van der Waals surface area (Å²) in [5, 5.41) is 3.92. The van der Waals surface area contributed by atoms with E-state index in [4.69, 9.17) is 23.2 Å². The van der Waals surface area contributed by atoms with Crippen molar-refractivity contribution < 1.29 is 9.59 Å². The van der Waals surface area contributed by atoms with Gasteiger partial charge in [0.05, 0.1) is 16.5 Å². The van der Waals surface area contributed by atoms with E-state index in [1.54, 1.807) is 17.0 Å². The van der Waals surface area contributed by atoms with Crippen molar-refractivity contribution in [1.29, 1.82) is 0 Å². The van der Waals surface area contributed by atoms with E-state index in [1.807, 2.05) is 87.5 Å². The summed E-state index contributed by atoms with van der Waals surface area (Å²) in [5.74, 6) is -0.333. The number of nitrogens with zero attached hydrogens (tertiary/aromatic N) is 1. The molecule has 0 aromatic heterocycles. The lowest BCUT2D eigenvalue weighted by molar-refractivity contribution is -0.141. The molecule has 2 amide bonds. The number of carbonyl (C=O) groups is 2. The second-order valence-electron chi connectivity index (χ2n) is 9.38. The van der Waals surface area contributed by atoms with Crippen LogP contribution in [0.25, 0.3) is 0 Å². The SMILES string of the molecule is CC(C)(C)NC(=O)C(Cc1ccccc1)N(Cc1ccc(Cl)c(Cl)c1)C(=O)Cc1ccccc1. The summed E-state index contributed by atoms with van der Waals surface area (Å²) in [6.45, 7) is 6.02. The number of nitrogens with one attached hydrogen (secondary N) is 1. The molecule has 1 unspecified atom stereocenters. The van der Waals surface area contributed by atoms with Crippen LogP contribution in [0.4, 0.5) is 0 Å². The van der Waals surface area contributed by atoms with Gasteiger partial charge in [-0.3, -0.25) is 9.59 Å². The van der Waals surface area contributed by atoms with E-state index in [0.29, 0.717) is 16.5 Å². The first-order chi connectivity index (χ1) is 16.1. The summed E-state index contributed by atoms with van der Waals surface area (Å²) in [6.07, 6.45) is 0.584. The van der Waals surface area contributed by atoms with Crippen molar-refractivity contribution in [2.45, 2.75) is 51.7 Å². The standard InChI is InChI=1S/C28H30Cl2N2O2/c1-28(2,3)31-27(34)25(17-20-10-6-4-7-11-20)32(19-22-14-15-23(29)24(30)16-22)26(33)18-21-12-8-5-9-13-21/h4-16,25H,17-19H2,1-3H3,(H,31,34). The minimum atomic E-state index is -0.702. The van der Waals surface area contributed by atoms with Crippen LogP contribution < -0.4 is 5.32 Å². The average molecular weight is 497 g/mol. The molecule has 0 bridgehead atoms. The normalized spacial score (nSPS) is 12.1. The van der Waals surface area contributed by atoms with Crippen molar-refractivity contribution in [1.82, 2.24) is 10.2 Å². The van der Waals surface area contributed by atoms with Crippen LogP contribution in [0.2, 0.25) is 10.0 Å². The van der Waals surface area contributed by atoms with E-state index in [0.717, 1.165) is 16.7 Å². The number of carbonyl (C=O) groups excluding carboxylic acids is 2. The molecule has 0 saturated carbocycles. The van der Waals surface area contributed by atoms with Crippen LogP contribution in [0.1, 0.15) is 37.5 Å². The van der Waals surface area contributed by atoms with Gasteiger partial charge in [0.15, 0.2) is 0 Å². The van der Waals surface area contributed by atoms with E-state index in [-0.39, 0.29) is 24.8 Å². The average Bonchev–Trinajstić information content (AvgIpc) is 2.78. The van der Waals surface area contributed by atoms with Crippen LogP contribution >= 0.6 is 23.2 Å². The van der Waals surface area contributed by atoms with Crippen LogP contribution in [0.3, 0.4) is 0 Å². The molecule has 3 aromatic carbocycles. The molecular formula is C28H30Cl2N2O2. The van der Waals surface area contributed by atoms with Crippen molar-refractivity contribution in [2.24, 2.45) is 0 Å². The lowest BCUT2D eigenvalue weighted by atomic mass is 10.00. The molecule has 3 rings (SSSR count). The van der Waals surface area contributed by atoms with Gasteiger partial charge in [-0.15, -0.1) is 0 Å². The number of hydrogen-bond acceptors (Lipinski definition) is 2. The molecule has 3 aromatic rings. The lowest BCUT2D eigenvalue weighted by Crippen LogP contribution is -2.54. The highest BCUT2D eigenvalue weighted by atomic mass is 35.5. The Morgan fingerprint density at radius 3 is 1.97 bits per heavy atom. The Morgan fingerprint density at radius 2 is 1.41 bits per heavy atom. The molecule has 0 radical (unpaired) electrons. The molecule has 1 atom stereocenters. The van der Waals surface area contributed by atoms with Crippen LogP contribution in [-0.4, -0.2) is 28.3 Å². The third-order valence-corrected chi connectivity index (χ3v) is 6.04. The van der Waals surface area contributed by atoms with Gasteiger partial charge in [0.2, 0.25) is 11.8 Å². The largest absolute Gasteiger partial charge is 0.350 e. The third-order valence-electron chi connectivity index (χ3n) is 5.30. The molecule has 0 aliphatic carbocycles. The molecule has 6 heteroatoms. The first-order valence-electron chi connectivity index (χ1n) is 11.3. The fourth-order valence-corrected chi connectivity index (χ4v) is 4.03. The van der Waals surface area contributed by atoms with Crippen molar-refractivity contribution in [3.63, 3.8) is 0 Å². The zero-order valence-electron chi connectivity index (χ0n) is 19.7. The molecule has 0 heterocycles. The smallest absolute Gasteiger partial charge is 0.243 e. The van der Waals surface area contributed by atoms with Gasteiger partial charge in [0, 0.05) is 18.5 Å². The van der Waals surface area contributed by atoms with Gasteiger partial charge in [0.1, 0.15) is 6.04 Å². The van der Waals surface area contributed by atoms with E-state index in [1.165, 1.54) is 0 Å². The number of amides is 2. The van der Waals surface area contributed by atoms with Crippen LogP contribution in [0.5, 0.6) is 0 Å². The summed E-state index contributed by atoms with van der Waals surface area (Å²) in [5.41, 5.74) is 2.23. The quantitative estimate of drug-likeness (QED) is 0.410. The highest BCUT2D eigenvalue weighted by molar-refractivity contribution is 6.42. The van der Waals surface area contributed by atoms with E-state index in [9.17, 15) is 9.59 Å².